The van der Waals surface area contributed by atoms with Gasteiger partial charge in [-0.3, -0.25) is 4.79 Å². The highest BCUT2D eigenvalue weighted by molar-refractivity contribution is 5.87. The van der Waals surface area contributed by atoms with Crippen molar-refractivity contribution in [2.45, 2.75) is 18.4 Å². The third kappa shape index (κ3) is 1.78. The Morgan fingerprint density at radius 2 is 2.12 bits per heavy atom. The summed E-state index contributed by atoms with van der Waals surface area (Å²) in [6, 6.07) is 7.98. The van der Waals surface area contributed by atoms with Gasteiger partial charge >= 0.3 is 0 Å². The number of carbonyl (C=O) groups excluding carboxylic acids is 1. The van der Waals surface area contributed by atoms with Gasteiger partial charge in [0.15, 0.2) is 0 Å². The van der Waals surface area contributed by atoms with Gasteiger partial charge in [-0.05, 0) is 18.1 Å². The molecule has 1 atom stereocenters. The molecule has 17 heavy (non-hydrogen) atoms. The molecule has 4 heteroatoms. The number of anilines is 1. The molecule has 4 nitrogen and oxygen atoms in total. The van der Waals surface area contributed by atoms with Crippen LogP contribution in [0.25, 0.3) is 0 Å². The molecule has 90 valence electrons. The number of likely N-dealkylation sites (tertiary alicyclic amines) is 1. The number of amides is 1. The van der Waals surface area contributed by atoms with Crippen molar-refractivity contribution in [3.8, 4) is 0 Å². The molecule has 0 aromatic heterocycles. The largest absolute Gasteiger partial charge is 0.389 e. The van der Waals surface area contributed by atoms with Gasteiger partial charge in [-0.2, -0.15) is 0 Å². The van der Waals surface area contributed by atoms with Gasteiger partial charge in [0, 0.05) is 25.3 Å². The van der Waals surface area contributed by atoms with Crippen molar-refractivity contribution in [2.24, 2.45) is 0 Å². The summed E-state index contributed by atoms with van der Waals surface area (Å²) in [4.78, 5) is 14.0. The number of aliphatic hydroxyl groups is 1. The lowest BCUT2D eigenvalue weighted by atomic mass is 9.89. The summed E-state index contributed by atoms with van der Waals surface area (Å²) in [5, 5.41) is 12.6. The average molecular weight is 232 g/mol. The zero-order valence-corrected chi connectivity index (χ0v) is 9.60. The Morgan fingerprint density at radius 3 is 2.88 bits per heavy atom. The van der Waals surface area contributed by atoms with Crippen LogP contribution in [0.15, 0.2) is 24.3 Å². The standard InChI is InChI=1S/C13H16N2O2/c16-9-7-15(8-9)13(17)11-5-6-14-12-4-2-1-3-10(11)12/h1-4,9,11,14,16H,5-8H2. The molecular weight excluding hydrogens is 216 g/mol. The Hall–Kier alpha value is -1.55. The molecule has 0 bridgehead atoms. The summed E-state index contributed by atoms with van der Waals surface area (Å²) in [6.45, 7) is 1.82. The first-order valence-electron chi connectivity index (χ1n) is 6.05. The molecule has 0 saturated carbocycles. The van der Waals surface area contributed by atoms with Gasteiger partial charge in [-0.1, -0.05) is 18.2 Å². The molecule has 0 radical (unpaired) electrons. The van der Waals surface area contributed by atoms with Crippen LogP contribution in [0, 0.1) is 0 Å². The van der Waals surface area contributed by atoms with E-state index >= 15 is 0 Å². The monoisotopic (exact) mass is 232 g/mol. The Kier molecular flexibility index (Phi) is 2.52. The average Bonchev–Trinajstić information content (AvgIpc) is 2.33. The number of β-amino-alcohol motifs (C(OH)–C–C–N with tert-alkyl or cyclic N) is 1. The van der Waals surface area contributed by atoms with E-state index in [1.807, 2.05) is 24.3 Å². The fourth-order valence-electron chi connectivity index (χ4n) is 2.58. The van der Waals surface area contributed by atoms with Crippen molar-refractivity contribution in [1.82, 2.24) is 4.90 Å². The lowest BCUT2D eigenvalue weighted by Gasteiger charge is -2.39. The molecular formula is C13H16N2O2. The maximum atomic E-state index is 12.3. The van der Waals surface area contributed by atoms with Crippen molar-refractivity contribution in [2.75, 3.05) is 25.0 Å². The summed E-state index contributed by atoms with van der Waals surface area (Å²) in [5.41, 5.74) is 2.16. The van der Waals surface area contributed by atoms with Crippen LogP contribution in [-0.4, -0.2) is 41.7 Å². The number of fused-ring (bicyclic) bond motifs is 1. The van der Waals surface area contributed by atoms with Gasteiger partial charge in [0.1, 0.15) is 0 Å². The minimum absolute atomic E-state index is 0.0417. The van der Waals surface area contributed by atoms with Crippen molar-refractivity contribution in [1.29, 1.82) is 0 Å². The number of nitrogens with one attached hydrogen (secondary N) is 1. The third-order valence-electron chi connectivity index (χ3n) is 3.56. The molecule has 1 aromatic carbocycles. The number of benzene rings is 1. The molecule has 1 fully saturated rings. The first kappa shape index (κ1) is 10.6. The Labute approximate surface area is 100 Å². The zero-order valence-electron chi connectivity index (χ0n) is 9.60. The van der Waals surface area contributed by atoms with E-state index in [1.165, 1.54) is 0 Å². The lowest BCUT2D eigenvalue weighted by Crippen LogP contribution is -2.55. The molecule has 0 spiro atoms. The van der Waals surface area contributed by atoms with Gasteiger partial charge in [0.2, 0.25) is 5.91 Å². The van der Waals surface area contributed by atoms with Crippen LogP contribution in [-0.2, 0) is 4.79 Å². The summed E-state index contributed by atoms with van der Waals surface area (Å²) in [5.74, 6) is 0.115. The first-order valence-corrected chi connectivity index (χ1v) is 6.05. The Morgan fingerprint density at radius 1 is 1.35 bits per heavy atom. The molecule has 2 aliphatic heterocycles. The fourth-order valence-corrected chi connectivity index (χ4v) is 2.58. The van der Waals surface area contributed by atoms with Crippen LogP contribution in [0.3, 0.4) is 0 Å². The molecule has 0 aliphatic carbocycles. The maximum Gasteiger partial charge on any atom is 0.230 e. The van der Waals surface area contributed by atoms with Crippen molar-refractivity contribution < 1.29 is 9.90 Å². The highest BCUT2D eigenvalue weighted by Crippen LogP contribution is 2.33. The van der Waals surface area contributed by atoms with E-state index in [4.69, 9.17) is 0 Å². The van der Waals surface area contributed by atoms with E-state index in [0.717, 1.165) is 24.2 Å². The second kappa shape index (κ2) is 4.04. The van der Waals surface area contributed by atoms with Gasteiger partial charge in [0.25, 0.3) is 0 Å². The summed E-state index contributed by atoms with van der Waals surface area (Å²) >= 11 is 0. The van der Waals surface area contributed by atoms with Crippen LogP contribution in [0.5, 0.6) is 0 Å². The van der Waals surface area contributed by atoms with Crippen molar-refractivity contribution in [3.63, 3.8) is 0 Å². The number of rotatable bonds is 1. The Balaban J connectivity index is 1.83. The molecule has 1 aromatic rings. The predicted octanol–water partition coefficient (Wildman–Crippen LogP) is 0.789. The van der Waals surface area contributed by atoms with Crippen LogP contribution < -0.4 is 5.32 Å². The molecule has 2 aliphatic rings. The van der Waals surface area contributed by atoms with Crippen molar-refractivity contribution in [3.05, 3.63) is 29.8 Å². The molecule has 1 unspecified atom stereocenters. The molecule has 1 saturated heterocycles. The maximum absolute atomic E-state index is 12.3. The fraction of sp³-hybridized carbons (Fsp3) is 0.462. The van der Waals surface area contributed by atoms with Gasteiger partial charge in [0.05, 0.1) is 12.0 Å². The van der Waals surface area contributed by atoms with E-state index in [-0.39, 0.29) is 17.9 Å². The van der Waals surface area contributed by atoms with E-state index in [2.05, 4.69) is 5.32 Å². The number of nitrogens with zero attached hydrogens (tertiary/aromatic N) is 1. The minimum Gasteiger partial charge on any atom is -0.389 e. The van der Waals surface area contributed by atoms with E-state index < -0.39 is 0 Å². The van der Waals surface area contributed by atoms with Crippen LogP contribution >= 0.6 is 0 Å². The normalized spacial score (nSPS) is 23.6. The van der Waals surface area contributed by atoms with E-state index in [9.17, 15) is 9.90 Å². The highest BCUT2D eigenvalue weighted by Gasteiger charge is 2.35. The summed E-state index contributed by atoms with van der Waals surface area (Å²) < 4.78 is 0. The van der Waals surface area contributed by atoms with Crippen molar-refractivity contribution >= 4 is 11.6 Å². The van der Waals surface area contributed by atoms with Gasteiger partial charge in [-0.15, -0.1) is 0 Å². The summed E-state index contributed by atoms with van der Waals surface area (Å²) in [6.07, 6.45) is 0.513. The van der Waals surface area contributed by atoms with Crippen LogP contribution in [0.4, 0.5) is 5.69 Å². The highest BCUT2D eigenvalue weighted by atomic mass is 16.3. The van der Waals surface area contributed by atoms with Gasteiger partial charge < -0.3 is 15.3 Å². The zero-order chi connectivity index (χ0) is 11.8. The predicted molar refractivity (Wildman–Crippen MR) is 64.9 cm³/mol. The van der Waals surface area contributed by atoms with E-state index in [0.29, 0.717) is 13.1 Å². The van der Waals surface area contributed by atoms with Gasteiger partial charge in [-0.25, -0.2) is 0 Å². The minimum atomic E-state index is -0.323. The second-order valence-electron chi connectivity index (χ2n) is 4.75. The first-order chi connectivity index (χ1) is 8.25. The van der Waals surface area contributed by atoms with E-state index in [1.54, 1.807) is 4.90 Å². The molecule has 1 amide bonds. The molecule has 2 N–H and O–H groups in total. The number of para-hydroxylation sites is 1. The summed E-state index contributed by atoms with van der Waals surface area (Å²) in [7, 11) is 0. The molecule has 2 heterocycles. The number of carbonyl (C=O) groups is 1. The smallest absolute Gasteiger partial charge is 0.230 e. The SMILES string of the molecule is O=C(C1CCNc2ccccc21)N1CC(O)C1. The number of hydrogen-bond donors (Lipinski definition) is 2. The molecule has 3 rings (SSSR count). The topological polar surface area (TPSA) is 52.6 Å². The number of hydrogen-bond acceptors (Lipinski definition) is 3. The van der Waals surface area contributed by atoms with Crippen LogP contribution in [0.1, 0.15) is 17.9 Å². The quantitative estimate of drug-likeness (QED) is 0.752. The second-order valence-corrected chi connectivity index (χ2v) is 4.75. The van der Waals surface area contributed by atoms with Crippen LogP contribution in [0.2, 0.25) is 0 Å². The lowest BCUT2D eigenvalue weighted by molar-refractivity contribution is -0.143. The Bertz CT molecular complexity index is 441. The number of aliphatic hydroxyl groups excluding tert-OH is 1. The third-order valence-corrected chi connectivity index (χ3v) is 3.56.